The van der Waals surface area contributed by atoms with Crippen molar-refractivity contribution < 1.29 is 4.74 Å². The van der Waals surface area contributed by atoms with Crippen molar-refractivity contribution in [3.05, 3.63) is 79.1 Å². The highest BCUT2D eigenvalue weighted by molar-refractivity contribution is 5.86. The van der Waals surface area contributed by atoms with E-state index in [4.69, 9.17) is 4.74 Å². The van der Waals surface area contributed by atoms with Crippen molar-refractivity contribution in [2.24, 2.45) is 0 Å². The number of benzene rings is 3. The molecule has 0 fully saturated rings. The molecule has 3 aromatic carbocycles. The van der Waals surface area contributed by atoms with Crippen molar-refractivity contribution in [3.63, 3.8) is 0 Å². The van der Waals surface area contributed by atoms with Gasteiger partial charge < -0.3 is 9.64 Å². The third-order valence-corrected chi connectivity index (χ3v) is 4.22. The van der Waals surface area contributed by atoms with Crippen LogP contribution in [0.5, 0.6) is 11.5 Å². The minimum absolute atomic E-state index is 0.502. The van der Waals surface area contributed by atoms with Crippen molar-refractivity contribution in [2.75, 3.05) is 4.90 Å². The molecule has 0 atom stereocenters. The lowest BCUT2D eigenvalue weighted by Gasteiger charge is -2.32. The third-order valence-electron chi connectivity index (χ3n) is 4.22. The second-order valence-corrected chi connectivity index (χ2v) is 5.79. The summed E-state index contributed by atoms with van der Waals surface area (Å²) in [5, 5.41) is 15.6. The van der Waals surface area contributed by atoms with E-state index in [9.17, 15) is 0 Å². The van der Waals surface area contributed by atoms with Crippen LogP contribution in [0.15, 0.2) is 79.1 Å². The number of ether oxygens (including phenoxy) is 1. The first-order valence-electron chi connectivity index (χ1n) is 8.17. The second-order valence-electron chi connectivity index (χ2n) is 5.79. The molecule has 0 spiro atoms. The molecule has 1 aliphatic heterocycles. The summed E-state index contributed by atoms with van der Waals surface area (Å²) >= 11 is 0. The standard InChI is InChI=1S/C20H13N5O/c1-3-7-18-16(5-1)25(17-6-2-4-8-19(17)26-18)15-11-9-14(10-12-15)20-23-21-13-22-24-20/h1-13H. The van der Waals surface area contributed by atoms with Crippen molar-refractivity contribution in [1.82, 2.24) is 20.4 Å². The Labute approximate surface area is 149 Å². The smallest absolute Gasteiger partial charge is 0.203 e. The molecule has 2 heterocycles. The lowest BCUT2D eigenvalue weighted by molar-refractivity contribution is 0.477. The van der Waals surface area contributed by atoms with Crippen LogP contribution >= 0.6 is 0 Å². The highest BCUT2D eigenvalue weighted by atomic mass is 16.5. The fourth-order valence-electron chi connectivity index (χ4n) is 3.06. The van der Waals surface area contributed by atoms with E-state index in [0.29, 0.717) is 5.82 Å². The fourth-order valence-corrected chi connectivity index (χ4v) is 3.06. The molecule has 5 rings (SSSR count). The van der Waals surface area contributed by atoms with Crippen LogP contribution in [0.2, 0.25) is 0 Å². The number of hydrogen-bond acceptors (Lipinski definition) is 6. The molecule has 0 amide bonds. The van der Waals surface area contributed by atoms with Crippen LogP contribution in [0.4, 0.5) is 17.1 Å². The minimum Gasteiger partial charge on any atom is -0.453 e. The number of para-hydroxylation sites is 4. The average molecular weight is 339 g/mol. The van der Waals surface area contributed by atoms with Crippen LogP contribution < -0.4 is 9.64 Å². The van der Waals surface area contributed by atoms with Gasteiger partial charge in [-0.05, 0) is 48.5 Å². The Morgan fingerprint density at radius 3 is 1.85 bits per heavy atom. The van der Waals surface area contributed by atoms with Gasteiger partial charge in [0.05, 0.1) is 11.4 Å². The van der Waals surface area contributed by atoms with E-state index in [0.717, 1.165) is 34.1 Å². The lowest BCUT2D eigenvalue weighted by atomic mass is 10.1. The van der Waals surface area contributed by atoms with Crippen molar-refractivity contribution in [3.8, 4) is 22.9 Å². The predicted molar refractivity (Wildman–Crippen MR) is 97.8 cm³/mol. The maximum absolute atomic E-state index is 6.04. The molecule has 6 heteroatoms. The maximum Gasteiger partial charge on any atom is 0.203 e. The predicted octanol–water partition coefficient (Wildman–Crippen LogP) is 4.51. The van der Waals surface area contributed by atoms with Crippen LogP contribution in [0, 0.1) is 0 Å². The van der Waals surface area contributed by atoms with Gasteiger partial charge in [0.1, 0.15) is 0 Å². The van der Waals surface area contributed by atoms with Gasteiger partial charge in [-0.15, -0.1) is 20.4 Å². The Morgan fingerprint density at radius 2 is 1.23 bits per heavy atom. The summed E-state index contributed by atoms with van der Waals surface area (Å²) in [6.07, 6.45) is 1.32. The first-order valence-corrected chi connectivity index (χ1v) is 8.17. The Bertz CT molecular complexity index is 1020. The van der Waals surface area contributed by atoms with Gasteiger partial charge >= 0.3 is 0 Å². The molecule has 0 unspecified atom stereocenters. The number of hydrogen-bond donors (Lipinski definition) is 0. The van der Waals surface area contributed by atoms with Gasteiger partial charge in [0.2, 0.25) is 5.82 Å². The molecule has 1 aliphatic rings. The highest BCUT2D eigenvalue weighted by Crippen LogP contribution is 2.49. The van der Waals surface area contributed by atoms with Gasteiger partial charge in [-0.3, -0.25) is 0 Å². The van der Waals surface area contributed by atoms with Gasteiger partial charge in [0.25, 0.3) is 0 Å². The minimum atomic E-state index is 0.502. The van der Waals surface area contributed by atoms with Crippen LogP contribution in [-0.4, -0.2) is 20.4 Å². The molecule has 0 bridgehead atoms. The molecule has 0 N–H and O–H groups in total. The van der Waals surface area contributed by atoms with E-state index in [1.54, 1.807) is 0 Å². The summed E-state index contributed by atoms with van der Waals surface area (Å²) in [4.78, 5) is 2.18. The fraction of sp³-hybridized carbons (Fsp3) is 0. The maximum atomic E-state index is 6.04. The molecule has 0 aliphatic carbocycles. The van der Waals surface area contributed by atoms with Crippen molar-refractivity contribution in [1.29, 1.82) is 0 Å². The summed E-state index contributed by atoms with van der Waals surface area (Å²) in [6, 6.07) is 24.0. The SMILES string of the molecule is c1ccc2c(c1)Oc1ccccc1N2c1ccc(-c2nncnn2)cc1. The zero-order valence-corrected chi connectivity index (χ0v) is 13.6. The summed E-state index contributed by atoms with van der Waals surface area (Å²) in [5.41, 5.74) is 3.88. The molecule has 26 heavy (non-hydrogen) atoms. The van der Waals surface area contributed by atoms with E-state index >= 15 is 0 Å². The molecule has 0 radical (unpaired) electrons. The van der Waals surface area contributed by atoms with Crippen molar-refractivity contribution >= 4 is 17.1 Å². The molecular weight excluding hydrogens is 326 g/mol. The molecular formula is C20H13N5O. The van der Waals surface area contributed by atoms with Crippen LogP contribution in [0.3, 0.4) is 0 Å². The number of fused-ring (bicyclic) bond motifs is 2. The van der Waals surface area contributed by atoms with E-state index in [-0.39, 0.29) is 0 Å². The number of anilines is 3. The monoisotopic (exact) mass is 339 g/mol. The van der Waals surface area contributed by atoms with E-state index in [1.165, 1.54) is 6.33 Å². The van der Waals surface area contributed by atoms with Gasteiger partial charge in [0.15, 0.2) is 17.8 Å². The van der Waals surface area contributed by atoms with Crippen molar-refractivity contribution in [2.45, 2.75) is 0 Å². The highest BCUT2D eigenvalue weighted by Gasteiger charge is 2.25. The Balaban J connectivity index is 1.62. The number of nitrogens with zero attached hydrogens (tertiary/aromatic N) is 5. The second kappa shape index (κ2) is 5.93. The lowest BCUT2D eigenvalue weighted by Crippen LogP contribution is -2.15. The average Bonchev–Trinajstić information content (AvgIpc) is 2.73. The van der Waals surface area contributed by atoms with Gasteiger partial charge in [0, 0.05) is 11.3 Å². The molecule has 1 aromatic heterocycles. The van der Waals surface area contributed by atoms with Crippen LogP contribution in [0.1, 0.15) is 0 Å². The van der Waals surface area contributed by atoms with Crippen LogP contribution in [0.25, 0.3) is 11.4 Å². The third kappa shape index (κ3) is 2.36. The van der Waals surface area contributed by atoms with Crippen LogP contribution in [-0.2, 0) is 0 Å². The molecule has 0 saturated carbocycles. The topological polar surface area (TPSA) is 64.0 Å². The van der Waals surface area contributed by atoms with Gasteiger partial charge in [-0.1, -0.05) is 24.3 Å². The van der Waals surface area contributed by atoms with E-state index < -0.39 is 0 Å². The van der Waals surface area contributed by atoms with E-state index in [2.05, 4.69) is 25.3 Å². The quantitative estimate of drug-likeness (QED) is 0.471. The molecule has 4 aromatic rings. The molecule has 6 nitrogen and oxygen atoms in total. The Hall–Kier alpha value is -3.80. The van der Waals surface area contributed by atoms with Gasteiger partial charge in [-0.2, -0.15) is 0 Å². The van der Waals surface area contributed by atoms with E-state index in [1.807, 2.05) is 72.8 Å². The zero-order valence-electron chi connectivity index (χ0n) is 13.6. The Morgan fingerprint density at radius 1 is 0.654 bits per heavy atom. The first-order chi connectivity index (χ1) is 12.9. The number of aromatic nitrogens is 4. The first kappa shape index (κ1) is 14.5. The summed E-state index contributed by atoms with van der Waals surface area (Å²) in [5.74, 6) is 2.16. The van der Waals surface area contributed by atoms with Gasteiger partial charge in [-0.25, -0.2) is 0 Å². The largest absolute Gasteiger partial charge is 0.453 e. The Kier molecular flexibility index (Phi) is 3.31. The summed E-state index contributed by atoms with van der Waals surface area (Å²) < 4.78 is 6.04. The number of rotatable bonds is 2. The molecule has 0 saturated heterocycles. The summed E-state index contributed by atoms with van der Waals surface area (Å²) in [6.45, 7) is 0. The molecule has 124 valence electrons. The zero-order chi connectivity index (χ0) is 17.3. The normalized spacial score (nSPS) is 12.1. The summed E-state index contributed by atoms with van der Waals surface area (Å²) in [7, 11) is 0.